The summed E-state index contributed by atoms with van der Waals surface area (Å²) >= 11 is 0. The third-order valence-electron chi connectivity index (χ3n) is 7.20. The van der Waals surface area contributed by atoms with Gasteiger partial charge in [0.15, 0.2) is 0 Å². The molecule has 0 aliphatic rings. The zero-order valence-corrected chi connectivity index (χ0v) is 20.9. The molecule has 0 atom stereocenters. The van der Waals surface area contributed by atoms with Crippen molar-refractivity contribution in [3.05, 3.63) is 152 Å². The molecule has 0 aliphatic carbocycles. The van der Waals surface area contributed by atoms with E-state index in [0.717, 1.165) is 11.4 Å². The van der Waals surface area contributed by atoms with Gasteiger partial charge in [-0.2, -0.15) is 0 Å². The van der Waals surface area contributed by atoms with Crippen molar-refractivity contribution in [1.82, 2.24) is 4.57 Å². The molecule has 0 fully saturated rings. The van der Waals surface area contributed by atoms with Gasteiger partial charge in [-0.15, -0.1) is 0 Å². The zero-order valence-electron chi connectivity index (χ0n) is 20.9. The molecule has 0 aliphatic heterocycles. The first-order valence-corrected chi connectivity index (χ1v) is 13.0. The quantitative estimate of drug-likeness (QED) is 0.256. The molecule has 38 heavy (non-hydrogen) atoms. The van der Waals surface area contributed by atoms with Gasteiger partial charge in [-0.25, -0.2) is 0 Å². The highest BCUT2D eigenvalue weighted by atomic mass is 15.0. The van der Waals surface area contributed by atoms with Crippen LogP contribution in [0, 0.1) is 0 Å². The highest BCUT2D eigenvalue weighted by Crippen LogP contribution is 2.33. The molecule has 7 rings (SSSR count). The van der Waals surface area contributed by atoms with Crippen LogP contribution < -0.4 is 5.32 Å². The fraction of sp³-hybridized carbons (Fsp3) is 0. The maximum Gasteiger partial charge on any atom is 0.0541 e. The number of para-hydroxylation sites is 2. The molecule has 6 aromatic carbocycles. The van der Waals surface area contributed by atoms with Crippen LogP contribution in [-0.4, -0.2) is 4.57 Å². The first kappa shape index (κ1) is 22.1. The predicted molar refractivity (Wildman–Crippen MR) is 161 cm³/mol. The second-order valence-electron chi connectivity index (χ2n) is 9.56. The maximum absolute atomic E-state index is 3.52. The minimum Gasteiger partial charge on any atom is -0.356 e. The van der Waals surface area contributed by atoms with Gasteiger partial charge in [0, 0.05) is 27.8 Å². The number of nitrogens with zero attached hydrogens (tertiary/aromatic N) is 1. The second kappa shape index (κ2) is 9.42. The van der Waals surface area contributed by atoms with Crippen LogP contribution in [0.5, 0.6) is 0 Å². The van der Waals surface area contributed by atoms with Crippen LogP contribution >= 0.6 is 0 Å². The van der Waals surface area contributed by atoms with Gasteiger partial charge in [-0.1, -0.05) is 103 Å². The lowest BCUT2D eigenvalue weighted by Crippen LogP contribution is -1.93. The summed E-state index contributed by atoms with van der Waals surface area (Å²) in [5.74, 6) is 0. The van der Waals surface area contributed by atoms with Crippen LogP contribution in [0.25, 0.3) is 49.7 Å². The van der Waals surface area contributed by atoms with Crippen LogP contribution in [0.2, 0.25) is 0 Å². The van der Waals surface area contributed by atoms with Crippen LogP contribution in [0.4, 0.5) is 11.4 Å². The minimum absolute atomic E-state index is 1.07. The fourth-order valence-electron chi connectivity index (χ4n) is 5.29. The summed E-state index contributed by atoms with van der Waals surface area (Å²) in [4.78, 5) is 0. The number of hydrogen-bond acceptors (Lipinski definition) is 1. The molecule has 0 spiro atoms. The van der Waals surface area contributed by atoms with E-state index >= 15 is 0 Å². The Morgan fingerprint density at radius 1 is 0.342 bits per heavy atom. The summed E-state index contributed by atoms with van der Waals surface area (Å²) in [5, 5.41) is 6.08. The summed E-state index contributed by atoms with van der Waals surface area (Å²) in [7, 11) is 0. The van der Waals surface area contributed by atoms with Gasteiger partial charge < -0.3 is 9.88 Å². The largest absolute Gasteiger partial charge is 0.356 e. The van der Waals surface area contributed by atoms with E-state index in [1.165, 1.54) is 49.7 Å². The molecule has 7 aromatic rings. The molecular weight excluding hydrogens is 460 g/mol. The standard InChI is InChI=1S/C36H26N2/c1-2-8-26(9-3-1)27-14-20-30(21-15-27)37-31-22-16-28(17-23-31)29-18-24-32(25-19-29)38-35-12-6-4-10-33(35)34-11-5-7-13-36(34)38/h1-25,37H. The monoisotopic (exact) mass is 486 g/mol. The zero-order chi connectivity index (χ0) is 25.3. The van der Waals surface area contributed by atoms with Crippen molar-refractivity contribution in [2.45, 2.75) is 0 Å². The van der Waals surface area contributed by atoms with Crippen molar-refractivity contribution in [3.8, 4) is 27.9 Å². The van der Waals surface area contributed by atoms with Gasteiger partial charge in [-0.3, -0.25) is 0 Å². The summed E-state index contributed by atoms with van der Waals surface area (Å²) in [5.41, 5.74) is 10.6. The SMILES string of the molecule is c1ccc(-c2ccc(Nc3ccc(-c4ccc(-n5c6ccccc6c6ccccc65)cc4)cc3)cc2)cc1. The summed E-state index contributed by atoms with van der Waals surface area (Å²) in [6, 6.07) is 53.8. The molecule has 2 nitrogen and oxygen atoms in total. The number of nitrogens with one attached hydrogen (secondary N) is 1. The highest BCUT2D eigenvalue weighted by Gasteiger charge is 2.11. The predicted octanol–water partition coefficient (Wildman–Crippen LogP) is 9.86. The molecule has 1 heterocycles. The fourth-order valence-corrected chi connectivity index (χ4v) is 5.29. The molecule has 0 amide bonds. The summed E-state index contributed by atoms with van der Waals surface area (Å²) in [6.07, 6.45) is 0. The Kier molecular flexibility index (Phi) is 5.49. The Bertz CT molecular complexity index is 1790. The van der Waals surface area contributed by atoms with Crippen molar-refractivity contribution in [1.29, 1.82) is 0 Å². The molecule has 1 aromatic heterocycles. The van der Waals surface area contributed by atoms with Crippen molar-refractivity contribution in [2.24, 2.45) is 0 Å². The second-order valence-corrected chi connectivity index (χ2v) is 9.56. The number of hydrogen-bond donors (Lipinski definition) is 1. The Morgan fingerprint density at radius 2 is 0.737 bits per heavy atom. The molecule has 180 valence electrons. The number of fused-ring (bicyclic) bond motifs is 3. The Labute approximate surface area is 222 Å². The van der Waals surface area contributed by atoms with E-state index < -0.39 is 0 Å². The van der Waals surface area contributed by atoms with Crippen LogP contribution in [0.3, 0.4) is 0 Å². The van der Waals surface area contributed by atoms with Crippen LogP contribution in [-0.2, 0) is 0 Å². The third-order valence-corrected chi connectivity index (χ3v) is 7.20. The van der Waals surface area contributed by atoms with Crippen molar-refractivity contribution in [3.63, 3.8) is 0 Å². The van der Waals surface area contributed by atoms with E-state index in [4.69, 9.17) is 0 Å². The summed E-state index contributed by atoms with van der Waals surface area (Å²) in [6.45, 7) is 0. The normalized spacial score (nSPS) is 11.2. The van der Waals surface area contributed by atoms with Gasteiger partial charge in [0.2, 0.25) is 0 Å². The Morgan fingerprint density at radius 3 is 1.24 bits per heavy atom. The average Bonchev–Trinajstić information content (AvgIpc) is 3.33. The lowest BCUT2D eigenvalue weighted by Gasteiger charge is -2.11. The molecule has 0 bridgehead atoms. The summed E-state index contributed by atoms with van der Waals surface area (Å²) < 4.78 is 2.35. The van der Waals surface area contributed by atoms with E-state index in [2.05, 4.69) is 155 Å². The van der Waals surface area contributed by atoms with Crippen molar-refractivity contribution in [2.75, 3.05) is 5.32 Å². The topological polar surface area (TPSA) is 17.0 Å². The number of anilines is 2. The smallest absolute Gasteiger partial charge is 0.0541 e. The Hall–Kier alpha value is -5.08. The molecule has 2 heteroatoms. The first-order chi connectivity index (χ1) is 18.8. The van der Waals surface area contributed by atoms with E-state index in [9.17, 15) is 0 Å². The molecule has 0 unspecified atom stereocenters. The lowest BCUT2D eigenvalue weighted by atomic mass is 10.0. The molecule has 0 saturated carbocycles. The first-order valence-electron chi connectivity index (χ1n) is 13.0. The van der Waals surface area contributed by atoms with Gasteiger partial charge in [0.05, 0.1) is 11.0 Å². The number of benzene rings is 6. The van der Waals surface area contributed by atoms with Gasteiger partial charge in [0.1, 0.15) is 0 Å². The van der Waals surface area contributed by atoms with Gasteiger partial charge in [-0.05, 0) is 70.8 Å². The van der Waals surface area contributed by atoms with Crippen LogP contribution in [0.1, 0.15) is 0 Å². The van der Waals surface area contributed by atoms with E-state index in [-0.39, 0.29) is 0 Å². The average molecular weight is 487 g/mol. The van der Waals surface area contributed by atoms with Gasteiger partial charge in [0.25, 0.3) is 0 Å². The molecular formula is C36H26N2. The minimum atomic E-state index is 1.07. The molecule has 0 radical (unpaired) electrons. The van der Waals surface area contributed by atoms with Crippen LogP contribution in [0.15, 0.2) is 152 Å². The third kappa shape index (κ3) is 4.03. The number of rotatable bonds is 5. The maximum atomic E-state index is 3.52. The van der Waals surface area contributed by atoms with E-state index in [1.807, 2.05) is 6.07 Å². The van der Waals surface area contributed by atoms with Gasteiger partial charge >= 0.3 is 0 Å². The van der Waals surface area contributed by atoms with Crippen molar-refractivity contribution >= 4 is 33.2 Å². The molecule has 1 N–H and O–H groups in total. The van der Waals surface area contributed by atoms with Crippen molar-refractivity contribution < 1.29 is 0 Å². The van der Waals surface area contributed by atoms with E-state index in [0.29, 0.717) is 0 Å². The lowest BCUT2D eigenvalue weighted by molar-refractivity contribution is 1.18. The molecule has 0 saturated heterocycles. The number of aromatic nitrogens is 1. The Balaban J connectivity index is 1.12. The van der Waals surface area contributed by atoms with E-state index in [1.54, 1.807) is 0 Å². The highest BCUT2D eigenvalue weighted by molar-refractivity contribution is 6.09.